The van der Waals surface area contributed by atoms with Crippen molar-refractivity contribution in [1.29, 1.82) is 0 Å². The SMILES string of the molecule is CC1(C)c2ccccc2-c2cc3c(cc21)c(-c1ccc(-c2cc4ccccc4c4ccccc24)cc1)nc1ccccc13. The summed E-state index contributed by atoms with van der Waals surface area (Å²) in [6, 6.07) is 51.1. The van der Waals surface area contributed by atoms with Crippen LogP contribution in [0.5, 0.6) is 0 Å². The van der Waals surface area contributed by atoms with Crippen molar-refractivity contribution >= 4 is 43.2 Å². The summed E-state index contributed by atoms with van der Waals surface area (Å²) in [7, 11) is 0. The smallest absolute Gasteiger partial charge is 0.0788 e. The van der Waals surface area contributed by atoms with Crippen molar-refractivity contribution in [2.24, 2.45) is 0 Å². The molecule has 0 N–H and O–H groups in total. The summed E-state index contributed by atoms with van der Waals surface area (Å²) in [6.45, 7) is 4.70. The van der Waals surface area contributed by atoms with Gasteiger partial charge in [0, 0.05) is 21.8 Å². The molecule has 8 aromatic rings. The Balaban J connectivity index is 1.26. The lowest BCUT2D eigenvalue weighted by Gasteiger charge is -2.22. The summed E-state index contributed by atoms with van der Waals surface area (Å²) in [4.78, 5) is 5.29. The number of hydrogen-bond donors (Lipinski definition) is 0. The molecule has 1 aliphatic rings. The molecule has 9 rings (SSSR count). The van der Waals surface area contributed by atoms with E-state index < -0.39 is 0 Å². The van der Waals surface area contributed by atoms with Gasteiger partial charge in [0.05, 0.1) is 11.2 Å². The number of benzene rings is 7. The van der Waals surface area contributed by atoms with Gasteiger partial charge >= 0.3 is 0 Å². The Morgan fingerprint density at radius 3 is 1.91 bits per heavy atom. The van der Waals surface area contributed by atoms with Gasteiger partial charge in [0.25, 0.3) is 0 Å². The van der Waals surface area contributed by atoms with Gasteiger partial charge in [0.1, 0.15) is 0 Å². The molecule has 0 saturated carbocycles. The van der Waals surface area contributed by atoms with Gasteiger partial charge in [-0.2, -0.15) is 0 Å². The van der Waals surface area contributed by atoms with Crippen molar-refractivity contribution in [2.75, 3.05) is 0 Å². The Morgan fingerprint density at radius 1 is 0.419 bits per heavy atom. The van der Waals surface area contributed by atoms with Crippen LogP contribution in [0.1, 0.15) is 25.0 Å². The molecular weight excluding hydrogens is 518 g/mol. The molecule has 43 heavy (non-hydrogen) atoms. The lowest BCUT2D eigenvalue weighted by atomic mass is 9.81. The van der Waals surface area contributed by atoms with E-state index in [1.807, 2.05) is 0 Å². The molecule has 1 heteroatoms. The Bertz CT molecular complexity index is 2410. The van der Waals surface area contributed by atoms with Gasteiger partial charge in [-0.3, -0.25) is 0 Å². The van der Waals surface area contributed by atoms with E-state index >= 15 is 0 Å². The highest BCUT2D eigenvalue weighted by atomic mass is 14.7. The van der Waals surface area contributed by atoms with E-state index in [2.05, 4.69) is 153 Å². The first-order chi connectivity index (χ1) is 21.1. The standard InChI is InChI=1S/C42H29N/c1-42(2)38-17-9-7-15-32(38)36-24-35-33-16-8-10-18-40(33)43-41(37(35)25-39(36)42)27-21-19-26(20-22-27)34-23-28-11-3-4-12-29(28)30-13-5-6-14-31(30)34/h3-25H,1-2H3. The van der Waals surface area contributed by atoms with Crippen molar-refractivity contribution in [3.63, 3.8) is 0 Å². The molecule has 0 radical (unpaired) electrons. The van der Waals surface area contributed by atoms with Crippen LogP contribution >= 0.6 is 0 Å². The summed E-state index contributed by atoms with van der Waals surface area (Å²) in [5.74, 6) is 0. The summed E-state index contributed by atoms with van der Waals surface area (Å²) in [6.07, 6.45) is 0. The monoisotopic (exact) mass is 547 g/mol. The average molecular weight is 548 g/mol. The van der Waals surface area contributed by atoms with E-state index in [0.29, 0.717) is 0 Å². The van der Waals surface area contributed by atoms with Crippen LogP contribution in [-0.2, 0) is 5.41 Å². The Kier molecular flexibility index (Phi) is 5.02. The van der Waals surface area contributed by atoms with Gasteiger partial charge in [-0.05, 0) is 84.6 Å². The van der Waals surface area contributed by atoms with Crippen molar-refractivity contribution in [3.05, 3.63) is 151 Å². The lowest BCUT2D eigenvalue weighted by Crippen LogP contribution is -2.14. The molecule has 0 atom stereocenters. The lowest BCUT2D eigenvalue weighted by molar-refractivity contribution is 0.661. The maximum atomic E-state index is 5.29. The third-order valence-electron chi connectivity index (χ3n) is 9.64. The second-order valence-corrected chi connectivity index (χ2v) is 12.4. The van der Waals surface area contributed by atoms with Crippen LogP contribution in [0.4, 0.5) is 0 Å². The zero-order chi connectivity index (χ0) is 28.7. The third kappa shape index (κ3) is 3.49. The third-order valence-corrected chi connectivity index (χ3v) is 9.64. The maximum absolute atomic E-state index is 5.29. The van der Waals surface area contributed by atoms with Crippen LogP contribution in [0.3, 0.4) is 0 Å². The zero-order valence-electron chi connectivity index (χ0n) is 24.2. The van der Waals surface area contributed by atoms with E-state index in [9.17, 15) is 0 Å². The second kappa shape index (κ2) is 8.86. The van der Waals surface area contributed by atoms with E-state index in [4.69, 9.17) is 4.98 Å². The van der Waals surface area contributed by atoms with Crippen LogP contribution in [0, 0.1) is 0 Å². The number of fused-ring (bicyclic) bond motifs is 9. The van der Waals surface area contributed by atoms with Crippen molar-refractivity contribution in [2.45, 2.75) is 19.3 Å². The van der Waals surface area contributed by atoms with Crippen LogP contribution in [0.2, 0.25) is 0 Å². The predicted molar refractivity (Wildman–Crippen MR) is 183 cm³/mol. The highest BCUT2D eigenvalue weighted by molar-refractivity contribution is 6.15. The first-order valence-corrected chi connectivity index (χ1v) is 15.1. The fourth-order valence-corrected chi connectivity index (χ4v) is 7.47. The molecule has 1 nitrogen and oxygen atoms in total. The number of rotatable bonds is 2. The Labute approximate surface area is 251 Å². The molecule has 1 aliphatic carbocycles. The topological polar surface area (TPSA) is 12.9 Å². The van der Waals surface area contributed by atoms with Crippen LogP contribution in [-0.4, -0.2) is 4.98 Å². The van der Waals surface area contributed by atoms with E-state index in [-0.39, 0.29) is 5.41 Å². The normalized spacial score (nSPS) is 13.5. The molecule has 1 heterocycles. The molecule has 0 saturated heterocycles. The summed E-state index contributed by atoms with van der Waals surface area (Å²) in [5.41, 5.74) is 11.1. The van der Waals surface area contributed by atoms with Crippen molar-refractivity contribution in [1.82, 2.24) is 4.98 Å². The molecular formula is C42H29N. The van der Waals surface area contributed by atoms with Gasteiger partial charge in [-0.15, -0.1) is 0 Å². The van der Waals surface area contributed by atoms with Crippen molar-refractivity contribution < 1.29 is 0 Å². The van der Waals surface area contributed by atoms with Gasteiger partial charge in [-0.25, -0.2) is 4.98 Å². The number of para-hydroxylation sites is 1. The number of hydrogen-bond acceptors (Lipinski definition) is 1. The number of pyridine rings is 1. The van der Waals surface area contributed by atoms with E-state index in [0.717, 1.165) is 16.8 Å². The van der Waals surface area contributed by atoms with E-state index in [1.54, 1.807) is 0 Å². The summed E-state index contributed by atoms with van der Waals surface area (Å²) < 4.78 is 0. The fourth-order valence-electron chi connectivity index (χ4n) is 7.47. The number of nitrogens with zero attached hydrogens (tertiary/aromatic N) is 1. The quantitative estimate of drug-likeness (QED) is 0.196. The molecule has 1 aromatic heterocycles. The molecule has 7 aromatic carbocycles. The van der Waals surface area contributed by atoms with Crippen LogP contribution in [0.15, 0.2) is 140 Å². The highest BCUT2D eigenvalue weighted by Crippen LogP contribution is 2.51. The van der Waals surface area contributed by atoms with Gasteiger partial charge in [0.2, 0.25) is 0 Å². The molecule has 0 aliphatic heterocycles. The first kappa shape index (κ1) is 24.3. The minimum atomic E-state index is -0.0654. The second-order valence-electron chi connectivity index (χ2n) is 12.4. The minimum absolute atomic E-state index is 0.0654. The summed E-state index contributed by atoms with van der Waals surface area (Å²) in [5, 5.41) is 8.80. The molecule has 202 valence electrons. The molecule has 0 bridgehead atoms. The van der Waals surface area contributed by atoms with Gasteiger partial charge in [0.15, 0.2) is 0 Å². The molecule has 0 fully saturated rings. The Hall–Kier alpha value is -5.27. The number of aromatic nitrogens is 1. The van der Waals surface area contributed by atoms with Crippen LogP contribution < -0.4 is 0 Å². The summed E-state index contributed by atoms with van der Waals surface area (Å²) >= 11 is 0. The average Bonchev–Trinajstić information content (AvgIpc) is 3.29. The molecule has 0 spiro atoms. The zero-order valence-corrected chi connectivity index (χ0v) is 24.2. The van der Waals surface area contributed by atoms with Gasteiger partial charge < -0.3 is 0 Å². The van der Waals surface area contributed by atoms with E-state index in [1.165, 1.54) is 71.1 Å². The maximum Gasteiger partial charge on any atom is 0.0788 e. The molecule has 0 unspecified atom stereocenters. The predicted octanol–water partition coefficient (Wildman–Crippen LogP) is 11.3. The largest absolute Gasteiger partial charge is 0.247 e. The van der Waals surface area contributed by atoms with Crippen LogP contribution in [0.25, 0.3) is 76.7 Å². The Morgan fingerprint density at radius 2 is 1.07 bits per heavy atom. The minimum Gasteiger partial charge on any atom is -0.247 e. The van der Waals surface area contributed by atoms with Crippen molar-refractivity contribution in [3.8, 4) is 33.5 Å². The first-order valence-electron chi connectivity index (χ1n) is 15.1. The highest BCUT2D eigenvalue weighted by Gasteiger charge is 2.35. The fraction of sp³-hybridized carbons (Fsp3) is 0.0714. The molecule has 0 amide bonds. The van der Waals surface area contributed by atoms with Gasteiger partial charge in [-0.1, -0.05) is 129 Å².